The van der Waals surface area contributed by atoms with Gasteiger partial charge in [-0.1, -0.05) is 15.9 Å². The van der Waals surface area contributed by atoms with Crippen LogP contribution in [0.5, 0.6) is 0 Å². The molecule has 0 atom stereocenters. The molecule has 0 aliphatic carbocycles. The van der Waals surface area contributed by atoms with Gasteiger partial charge in [-0.05, 0) is 29.8 Å². The molecule has 2 aromatic heterocycles. The molecule has 0 bridgehead atoms. The van der Waals surface area contributed by atoms with Crippen LogP contribution in [0.4, 0.5) is 4.39 Å². The Morgan fingerprint density at radius 3 is 2.86 bits per heavy atom. The van der Waals surface area contributed by atoms with Gasteiger partial charge < -0.3 is 9.67 Å². The number of pyridine rings is 1. The first-order valence-corrected chi connectivity index (χ1v) is 7.29. The largest absolute Gasteiger partial charge is 0.392 e. The Kier molecular flexibility index (Phi) is 3.98. The Morgan fingerprint density at radius 2 is 2.10 bits per heavy atom. The van der Waals surface area contributed by atoms with Crippen LogP contribution in [0.2, 0.25) is 0 Å². The molecule has 2 heterocycles. The predicted molar refractivity (Wildman–Crippen MR) is 82.6 cm³/mol. The SMILES string of the molecule is OCc1cncc(-c2nc3ccc(Br)cc3n2CCF)c1. The monoisotopic (exact) mass is 349 g/mol. The van der Waals surface area contributed by atoms with Crippen molar-refractivity contribution >= 4 is 27.0 Å². The summed E-state index contributed by atoms with van der Waals surface area (Å²) in [5, 5.41) is 9.22. The normalized spacial score (nSPS) is 11.2. The fourth-order valence-electron chi connectivity index (χ4n) is 2.32. The van der Waals surface area contributed by atoms with Crippen molar-refractivity contribution in [1.29, 1.82) is 0 Å². The topological polar surface area (TPSA) is 50.9 Å². The molecule has 108 valence electrons. The van der Waals surface area contributed by atoms with Crippen LogP contribution >= 0.6 is 15.9 Å². The highest BCUT2D eigenvalue weighted by molar-refractivity contribution is 9.10. The molecule has 0 radical (unpaired) electrons. The summed E-state index contributed by atoms with van der Waals surface area (Å²) in [6.07, 6.45) is 3.27. The lowest BCUT2D eigenvalue weighted by Crippen LogP contribution is -2.02. The second-order valence-corrected chi connectivity index (χ2v) is 5.56. The van der Waals surface area contributed by atoms with Gasteiger partial charge in [0.1, 0.15) is 12.5 Å². The van der Waals surface area contributed by atoms with Crippen LogP contribution in [0.1, 0.15) is 5.56 Å². The van der Waals surface area contributed by atoms with Crippen molar-refractivity contribution in [3.05, 3.63) is 46.7 Å². The number of nitrogens with zero attached hydrogens (tertiary/aromatic N) is 3. The van der Waals surface area contributed by atoms with Crippen LogP contribution in [0.3, 0.4) is 0 Å². The lowest BCUT2D eigenvalue weighted by Gasteiger charge is -2.07. The second-order valence-electron chi connectivity index (χ2n) is 4.65. The van der Waals surface area contributed by atoms with Gasteiger partial charge in [0.15, 0.2) is 0 Å². The predicted octanol–water partition coefficient (Wildman–Crippen LogP) is 3.32. The third-order valence-electron chi connectivity index (χ3n) is 3.25. The minimum Gasteiger partial charge on any atom is -0.392 e. The Hall–Kier alpha value is -1.79. The zero-order valence-corrected chi connectivity index (χ0v) is 12.7. The van der Waals surface area contributed by atoms with Gasteiger partial charge in [-0.2, -0.15) is 0 Å². The van der Waals surface area contributed by atoms with Crippen LogP contribution < -0.4 is 0 Å². The van der Waals surface area contributed by atoms with Crippen molar-refractivity contribution in [3.63, 3.8) is 0 Å². The van der Waals surface area contributed by atoms with Crippen molar-refractivity contribution in [2.24, 2.45) is 0 Å². The molecule has 0 fully saturated rings. The lowest BCUT2D eigenvalue weighted by atomic mass is 10.2. The van der Waals surface area contributed by atoms with Gasteiger partial charge in [0.2, 0.25) is 0 Å². The van der Waals surface area contributed by atoms with Crippen LogP contribution in [0, 0.1) is 0 Å². The van der Waals surface area contributed by atoms with Crippen molar-refractivity contribution in [2.75, 3.05) is 6.67 Å². The summed E-state index contributed by atoms with van der Waals surface area (Å²) in [6, 6.07) is 7.53. The average Bonchev–Trinajstić information content (AvgIpc) is 2.86. The Bertz CT molecular complexity index is 788. The molecular weight excluding hydrogens is 337 g/mol. The van der Waals surface area contributed by atoms with Crippen LogP contribution in [0.25, 0.3) is 22.4 Å². The number of alkyl halides is 1. The van der Waals surface area contributed by atoms with E-state index in [1.54, 1.807) is 12.4 Å². The maximum absolute atomic E-state index is 12.9. The van der Waals surface area contributed by atoms with E-state index in [0.29, 0.717) is 11.4 Å². The molecule has 3 aromatic rings. The van der Waals surface area contributed by atoms with Gasteiger partial charge in [0.05, 0.1) is 24.2 Å². The van der Waals surface area contributed by atoms with Crippen molar-refractivity contribution in [2.45, 2.75) is 13.2 Å². The summed E-state index contributed by atoms with van der Waals surface area (Å²) in [4.78, 5) is 8.68. The quantitative estimate of drug-likeness (QED) is 0.785. The fourth-order valence-corrected chi connectivity index (χ4v) is 2.67. The number of aliphatic hydroxyl groups is 1. The average molecular weight is 350 g/mol. The number of halogens is 2. The van der Waals surface area contributed by atoms with E-state index in [0.717, 1.165) is 21.1 Å². The number of hydrogen-bond donors (Lipinski definition) is 1. The van der Waals surface area contributed by atoms with E-state index in [2.05, 4.69) is 25.9 Å². The molecule has 0 aliphatic heterocycles. The van der Waals surface area contributed by atoms with E-state index in [4.69, 9.17) is 0 Å². The van der Waals surface area contributed by atoms with E-state index < -0.39 is 6.67 Å². The summed E-state index contributed by atoms with van der Waals surface area (Å²) in [5.74, 6) is 0.656. The number of benzene rings is 1. The molecule has 1 aromatic carbocycles. The Morgan fingerprint density at radius 1 is 1.24 bits per heavy atom. The van der Waals surface area contributed by atoms with Crippen molar-refractivity contribution < 1.29 is 9.50 Å². The number of aryl methyl sites for hydroxylation is 1. The number of hydrogen-bond acceptors (Lipinski definition) is 3. The first-order valence-electron chi connectivity index (χ1n) is 6.50. The van der Waals surface area contributed by atoms with Crippen molar-refractivity contribution in [3.8, 4) is 11.4 Å². The minimum absolute atomic E-state index is 0.0876. The lowest BCUT2D eigenvalue weighted by molar-refractivity contribution is 0.281. The first-order chi connectivity index (χ1) is 10.2. The second kappa shape index (κ2) is 5.91. The fraction of sp³-hybridized carbons (Fsp3) is 0.200. The highest BCUT2D eigenvalue weighted by Crippen LogP contribution is 2.27. The van der Waals surface area contributed by atoms with E-state index in [1.807, 2.05) is 28.8 Å². The number of rotatable bonds is 4. The number of imidazole rings is 1. The summed E-state index contributed by atoms with van der Waals surface area (Å²) in [6.45, 7) is -0.334. The summed E-state index contributed by atoms with van der Waals surface area (Å²) in [7, 11) is 0. The summed E-state index contributed by atoms with van der Waals surface area (Å²) >= 11 is 3.43. The summed E-state index contributed by atoms with van der Waals surface area (Å²) in [5.41, 5.74) is 3.14. The molecule has 4 nitrogen and oxygen atoms in total. The van der Waals surface area contributed by atoms with Gasteiger partial charge in [0, 0.05) is 22.4 Å². The number of aromatic nitrogens is 3. The Balaban J connectivity index is 2.22. The molecule has 6 heteroatoms. The van der Waals surface area contributed by atoms with Gasteiger partial charge in [-0.25, -0.2) is 9.37 Å². The van der Waals surface area contributed by atoms with Crippen LogP contribution in [-0.4, -0.2) is 26.3 Å². The van der Waals surface area contributed by atoms with Gasteiger partial charge >= 0.3 is 0 Å². The standard InChI is InChI=1S/C15H13BrFN3O/c16-12-1-2-13-14(6-12)20(4-3-17)15(19-13)11-5-10(9-21)7-18-8-11/h1-2,5-8,21H,3-4,9H2. The maximum Gasteiger partial charge on any atom is 0.142 e. The van der Waals surface area contributed by atoms with Gasteiger partial charge in [0.25, 0.3) is 0 Å². The molecular formula is C15H13BrFN3O. The summed E-state index contributed by atoms with van der Waals surface area (Å²) < 4.78 is 15.7. The zero-order valence-electron chi connectivity index (χ0n) is 11.1. The number of aliphatic hydroxyl groups excluding tert-OH is 1. The molecule has 0 unspecified atom stereocenters. The molecule has 0 amide bonds. The molecule has 1 N–H and O–H groups in total. The van der Waals surface area contributed by atoms with Gasteiger partial charge in [-0.15, -0.1) is 0 Å². The van der Waals surface area contributed by atoms with Crippen molar-refractivity contribution in [1.82, 2.24) is 14.5 Å². The molecule has 0 saturated carbocycles. The van der Waals surface area contributed by atoms with E-state index in [9.17, 15) is 9.50 Å². The number of fused-ring (bicyclic) bond motifs is 1. The van der Waals surface area contributed by atoms with E-state index in [1.165, 1.54) is 0 Å². The minimum atomic E-state index is -0.474. The molecule has 21 heavy (non-hydrogen) atoms. The highest BCUT2D eigenvalue weighted by Gasteiger charge is 2.13. The smallest absolute Gasteiger partial charge is 0.142 e. The Labute approximate surface area is 129 Å². The molecule has 3 rings (SSSR count). The third-order valence-corrected chi connectivity index (χ3v) is 3.75. The zero-order chi connectivity index (χ0) is 14.8. The van der Waals surface area contributed by atoms with Crippen LogP contribution in [-0.2, 0) is 13.2 Å². The molecule has 0 saturated heterocycles. The van der Waals surface area contributed by atoms with Gasteiger partial charge in [-0.3, -0.25) is 4.98 Å². The molecule has 0 spiro atoms. The van der Waals surface area contributed by atoms with E-state index >= 15 is 0 Å². The maximum atomic E-state index is 12.9. The van der Waals surface area contributed by atoms with Crippen LogP contribution in [0.15, 0.2) is 41.1 Å². The highest BCUT2D eigenvalue weighted by atomic mass is 79.9. The first kappa shape index (κ1) is 14.2. The van der Waals surface area contributed by atoms with E-state index in [-0.39, 0.29) is 13.2 Å². The third kappa shape index (κ3) is 2.69. The molecule has 0 aliphatic rings.